The fourth-order valence-electron chi connectivity index (χ4n) is 2.01. The van der Waals surface area contributed by atoms with Crippen LogP contribution in [0.3, 0.4) is 0 Å². The van der Waals surface area contributed by atoms with Crippen molar-refractivity contribution in [1.82, 2.24) is 10.3 Å². The first-order valence-electron chi connectivity index (χ1n) is 5.61. The third-order valence-corrected chi connectivity index (χ3v) is 3.04. The maximum Gasteiger partial charge on any atom is 0.253 e. The average Bonchev–Trinajstić information content (AvgIpc) is 2.39. The number of benzene rings is 1. The van der Waals surface area contributed by atoms with E-state index in [0.717, 1.165) is 31.5 Å². The summed E-state index contributed by atoms with van der Waals surface area (Å²) in [5, 5.41) is 0. The fourth-order valence-corrected chi connectivity index (χ4v) is 2.01. The summed E-state index contributed by atoms with van der Waals surface area (Å²) in [7, 11) is 0. The zero-order valence-corrected chi connectivity index (χ0v) is 9.23. The van der Waals surface area contributed by atoms with Gasteiger partial charge in [-0.3, -0.25) is 16.1 Å². The monoisotopic (exact) mass is 219 g/mol. The molecule has 4 heteroatoms. The first-order valence-corrected chi connectivity index (χ1v) is 5.61. The molecule has 1 aromatic carbocycles. The number of nitrogens with one attached hydrogen (secondary N) is 1. The Bertz CT molecular complexity index is 345. The summed E-state index contributed by atoms with van der Waals surface area (Å²) in [5.74, 6) is 5.50. The molecule has 0 aliphatic carbocycles. The van der Waals surface area contributed by atoms with Crippen LogP contribution in [0, 0.1) is 0 Å². The van der Waals surface area contributed by atoms with Gasteiger partial charge in [-0.25, -0.2) is 0 Å². The predicted molar refractivity (Wildman–Crippen MR) is 62.7 cm³/mol. The van der Waals surface area contributed by atoms with E-state index in [0.29, 0.717) is 6.04 Å². The van der Waals surface area contributed by atoms with Gasteiger partial charge in [0.15, 0.2) is 0 Å². The second-order valence-electron chi connectivity index (χ2n) is 4.10. The molecule has 2 rings (SSSR count). The smallest absolute Gasteiger partial charge is 0.253 e. The lowest BCUT2D eigenvalue weighted by Crippen LogP contribution is -2.46. The zero-order chi connectivity index (χ0) is 11.4. The van der Waals surface area contributed by atoms with Crippen molar-refractivity contribution in [1.29, 1.82) is 0 Å². The van der Waals surface area contributed by atoms with Crippen LogP contribution >= 0.6 is 0 Å². The van der Waals surface area contributed by atoms with E-state index in [2.05, 4.69) is 5.43 Å². The highest BCUT2D eigenvalue weighted by atomic mass is 16.2. The lowest BCUT2D eigenvalue weighted by atomic mass is 10.0. The molecule has 0 atom stereocenters. The van der Waals surface area contributed by atoms with Crippen molar-refractivity contribution in [3.05, 3.63) is 35.9 Å². The van der Waals surface area contributed by atoms with Gasteiger partial charge in [-0.2, -0.15) is 0 Å². The summed E-state index contributed by atoms with van der Waals surface area (Å²) in [6.07, 6.45) is 1.85. The van der Waals surface area contributed by atoms with Crippen molar-refractivity contribution in [2.24, 2.45) is 5.84 Å². The molecular formula is C12H17N3O. The van der Waals surface area contributed by atoms with E-state index >= 15 is 0 Å². The van der Waals surface area contributed by atoms with Crippen molar-refractivity contribution in [2.75, 3.05) is 13.1 Å². The highest BCUT2D eigenvalue weighted by Gasteiger charge is 2.22. The second-order valence-corrected chi connectivity index (χ2v) is 4.10. The van der Waals surface area contributed by atoms with Gasteiger partial charge in [-0.05, 0) is 25.0 Å². The van der Waals surface area contributed by atoms with E-state index in [1.165, 1.54) is 0 Å². The van der Waals surface area contributed by atoms with Crippen LogP contribution in [0.4, 0.5) is 0 Å². The van der Waals surface area contributed by atoms with Crippen LogP contribution in [0.1, 0.15) is 23.2 Å². The molecule has 0 radical (unpaired) electrons. The van der Waals surface area contributed by atoms with Crippen molar-refractivity contribution >= 4 is 5.91 Å². The van der Waals surface area contributed by atoms with Crippen molar-refractivity contribution in [3.8, 4) is 0 Å². The average molecular weight is 219 g/mol. The number of nitrogens with zero attached hydrogens (tertiary/aromatic N) is 1. The van der Waals surface area contributed by atoms with E-state index in [-0.39, 0.29) is 5.91 Å². The molecule has 0 saturated carbocycles. The molecule has 3 N–H and O–H groups in total. The summed E-state index contributed by atoms with van der Waals surface area (Å²) >= 11 is 0. The van der Waals surface area contributed by atoms with Gasteiger partial charge in [-0.1, -0.05) is 18.2 Å². The molecule has 0 unspecified atom stereocenters. The van der Waals surface area contributed by atoms with E-state index in [1.54, 1.807) is 0 Å². The Morgan fingerprint density at radius 3 is 2.44 bits per heavy atom. The number of hydrogen-bond donors (Lipinski definition) is 2. The van der Waals surface area contributed by atoms with Crippen molar-refractivity contribution < 1.29 is 4.79 Å². The minimum atomic E-state index is 0.121. The Kier molecular flexibility index (Phi) is 3.54. The molecule has 1 aromatic rings. The Morgan fingerprint density at radius 2 is 1.88 bits per heavy atom. The van der Waals surface area contributed by atoms with Gasteiger partial charge in [0.05, 0.1) is 0 Å². The van der Waals surface area contributed by atoms with Crippen molar-refractivity contribution in [2.45, 2.75) is 18.9 Å². The third-order valence-electron chi connectivity index (χ3n) is 3.04. The largest absolute Gasteiger partial charge is 0.339 e. The van der Waals surface area contributed by atoms with Gasteiger partial charge in [-0.15, -0.1) is 0 Å². The van der Waals surface area contributed by atoms with E-state index in [1.807, 2.05) is 35.2 Å². The normalized spacial score (nSPS) is 17.4. The molecule has 16 heavy (non-hydrogen) atoms. The molecule has 1 aliphatic heterocycles. The molecule has 4 nitrogen and oxygen atoms in total. The summed E-state index contributed by atoms with van der Waals surface area (Å²) in [6, 6.07) is 9.76. The summed E-state index contributed by atoms with van der Waals surface area (Å²) in [5.41, 5.74) is 3.53. The lowest BCUT2D eigenvalue weighted by molar-refractivity contribution is 0.0705. The molecule has 1 heterocycles. The zero-order valence-electron chi connectivity index (χ0n) is 9.23. The first kappa shape index (κ1) is 11.1. The first-order chi connectivity index (χ1) is 7.81. The van der Waals surface area contributed by atoms with Gasteiger partial charge < -0.3 is 4.90 Å². The number of piperidine rings is 1. The molecule has 1 fully saturated rings. The van der Waals surface area contributed by atoms with Gasteiger partial charge in [0.1, 0.15) is 0 Å². The molecule has 0 bridgehead atoms. The van der Waals surface area contributed by atoms with Crippen LogP contribution in [0.25, 0.3) is 0 Å². The van der Waals surface area contributed by atoms with E-state index < -0.39 is 0 Å². The summed E-state index contributed by atoms with van der Waals surface area (Å²) in [6.45, 7) is 1.56. The van der Waals surface area contributed by atoms with Crippen LogP contribution in [0.15, 0.2) is 30.3 Å². The van der Waals surface area contributed by atoms with Crippen LogP contribution in [-0.2, 0) is 0 Å². The highest BCUT2D eigenvalue weighted by molar-refractivity contribution is 5.94. The lowest BCUT2D eigenvalue weighted by Gasteiger charge is -2.31. The third kappa shape index (κ3) is 2.40. The SMILES string of the molecule is NNC1CCN(C(=O)c2ccccc2)CC1. The van der Waals surface area contributed by atoms with Crippen LogP contribution in [0.2, 0.25) is 0 Å². The minimum absolute atomic E-state index is 0.121. The molecule has 0 aromatic heterocycles. The van der Waals surface area contributed by atoms with E-state index in [9.17, 15) is 4.79 Å². The summed E-state index contributed by atoms with van der Waals surface area (Å²) in [4.78, 5) is 14.0. The number of rotatable bonds is 2. The highest BCUT2D eigenvalue weighted by Crippen LogP contribution is 2.13. The minimum Gasteiger partial charge on any atom is -0.339 e. The number of hydrazine groups is 1. The van der Waals surface area contributed by atoms with Gasteiger partial charge in [0, 0.05) is 24.7 Å². The summed E-state index contributed by atoms with van der Waals surface area (Å²) < 4.78 is 0. The number of likely N-dealkylation sites (tertiary alicyclic amines) is 1. The van der Waals surface area contributed by atoms with Crippen LogP contribution in [-0.4, -0.2) is 29.9 Å². The number of amides is 1. The van der Waals surface area contributed by atoms with Crippen LogP contribution < -0.4 is 11.3 Å². The number of nitrogens with two attached hydrogens (primary N) is 1. The Balaban J connectivity index is 1.97. The van der Waals surface area contributed by atoms with Crippen LogP contribution in [0.5, 0.6) is 0 Å². The molecule has 0 spiro atoms. The fraction of sp³-hybridized carbons (Fsp3) is 0.417. The maximum absolute atomic E-state index is 12.1. The van der Waals surface area contributed by atoms with Gasteiger partial charge in [0.25, 0.3) is 5.91 Å². The number of carbonyl (C=O) groups excluding carboxylic acids is 1. The molecule has 1 amide bonds. The molecule has 1 aliphatic rings. The second kappa shape index (κ2) is 5.09. The van der Waals surface area contributed by atoms with Gasteiger partial charge in [0.2, 0.25) is 0 Å². The topological polar surface area (TPSA) is 58.4 Å². The number of hydrogen-bond acceptors (Lipinski definition) is 3. The Labute approximate surface area is 95.4 Å². The maximum atomic E-state index is 12.1. The molecular weight excluding hydrogens is 202 g/mol. The predicted octanol–water partition coefficient (Wildman–Crippen LogP) is 0.755. The number of carbonyl (C=O) groups is 1. The standard InChI is InChI=1S/C12H17N3O/c13-14-11-6-8-15(9-7-11)12(16)10-4-2-1-3-5-10/h1-5,11,14H,6-9,13H2. The Hall–Kier alpha value is -1.39. The quantitative estimate of drug-likeness (QED) is 0.570. The molecule has 86 valence electrons. The van der Waals surface area contributed by atoms with Crippen molar-refractivity contribution in [3.63, 3.8) is 0 Å². The van der Waals surface area contributed by atoms with E-state index in [4.69, 9.17) is 5.84 Å². The Morgan fingerprint density at radius 1 is 1.25 bits per heavy atom. The molecule has 1 saturated heterocycles. The van der Waals surface area contributed by atoms with Gasteiger partial charge >= 0.3 is 0 Å².